The topological polar surface area (TPSA) is 76.7 Å². The first-order chi connectivity index (χ1) is 15.3. The third-order valence-electron chi connectivity index (χ3n) is 5.51. The van der Waals surface area contributed by atoms with Crippen LogP contribution >= 0.6 is 11.6 Å². The number of benzene rings is 2. The van der Waals surface area contributed by atoms with E-state index >= 15 is 0 Å². The number of hydrogen-bond acceptors (Lipinski definition) is 5. The average Bonchev–Trinajstić information content (AvgIpc) is 3.29. The molecule has 0 aliphatic heterocycles. The van der Waals surface area contributed by atoms with Gasteiger partial charge in [0.05, 0.1) is 18.8 Å². The van der Waals surface area contributed by atoms with E-state index in [1.165, 1.54) is 0 Å². The summed E-state index contributed by atoms with van der Waals surface area (Å²) in [6.07, 6.45) is 3.87. The molecule has 0 bridgehead atoms. The van der Waals surface area contributed by atoms with Gasteiger partial charge in [0.25, 0.3) is 0 Å². The molecule has 6 nitrogen and oxygen atoms in total. The lowest BCUT2D eigenvalue weighted by molar-refractivity contribution is 0.0924. The van der Waals surface area contributed by atoms with Crippen LogP contribution in [0.5, 0.6) is 11.5 Å². The molecule has 0 amide bonds. The molecule has 0 saturated heterocycles. The number of aliphatic hydroxyl groups is 2. The molecule has 0 spiro atoms. The minimum absolute atomic E-state index is 0.146. The molecule has 1 aromatic heterocycles. The van der Waals surface area contributed by atoms with Crippen LogP contribution in [0.3, 0.4) is 0 Å². The van der Waals surface area contributed by atoms with Crippen LogP contribution in [0, 0.1) is 6.92 Å². The van der Waals surface area contributed by atoms with Crippen molar-refractivity contribution < 1.29 is 19.7 Å². The standard InChI is InChI=1S/C25H31ClN2O4/c1-18-12-20(6-9-24(18)32-15-21(29)13-26)25(2,3)19-4-7-23(8-5-19)31-16-22(30)14-28-11-10-27-17-28/h4-12,17,21-22,29-30H,13-16H2,1-3H3/t21-,22?/m1/s1. The molecule has 3 aromatic rings. The van der Waals surface area contributed by atoms with Crippen LogP contribution in [0.25, 0.3) is 0 Å². The molecule has 2 N–H and O–H groups in total. The summed E-state index contributed by atoms with van der Waals surface area (Å²) in [5, 5.41) is 19.7. The molecule has 2 atom stereocenters. The first-order valence-corrected chi connectivity index (χ1v) is 11.2. The Bertz CT molecular complexity index is 974. The fourth-order valence-corrected chi connectivity index (χ4v) is 3.54. The van der Waals surface area contributed by atoms with Gasteiger partial charge in [-0.05, 0) is 41.8 Å². The maximum Gasteiger partial charge on any atom is 0.122 e. The van der Waals surface area contributed by atoms with E-state index in [9.17, 15) is 10.2 Å². The number of hydrogen-bond donors (Lipinski definition) is 2. The Hall–Kier alpha value is -2.54. The number of alkyl halides is 1. The van der Waals surface area contributed by atoms with Crippen LogP contribution in [0.4, 0.5) is 0 Å². The van der Waals surface area contributed by atoms with Crippen LogP contribution in [-0.4, -0.2) is 51.1 Å². The van der Waals surface area contributed by atoms with E-state index in [4.69, 9.17) is 21.1 Å². The number of aromatic nitrogens is 2. The Kier molecular flexibility index (Phi) is 8.18. The maximum atomic E-state index is 10.1. The van der Waals surface area contributed by atoms with Gasteiger partial charge in [-0.15, -0.1) is 11.6 Å². The lowest BCUT2D eigenvalue weighted by atomic mass is 9.77. The number of aliphatic hydroxyl groups excluding tert-OH is 2. The van der Waals surface area contributed by atoms with Crippen molar-refractivity contribution in [1.29, 1.82) is 0 Å². The van der Waals surface area contributed by atoms with Crippen molar-refractivity contribution in [2.75, 3.05) is 19.1 Å². The third kappa shape index (κ3) is 6.25. The zero-order chi connectivity index (χ0) is 23.1. The largest absolute Gasteiger partial charge is 0.491 e. The highest BCUT2D eigenvalue weighted by atomic mass is 35.5. The van der Waals surface area contributed by atoms with Crippen LogP contribution in [0.2, 0.25) is 0 Å². The second-order valence-corrected chi connectivity index (χ2v) is 8.78. The molecule has 0 saturated carbocycles. The predicted octanol–water partition coefficient (Wildman–Crippen LogP) is 3.94. The van der Waals surface area contributed by atoms with Crippen LogP contribution in [-0.2, 0) is 12.0 Å². The summed E-state index contributed by atoms with van der Waals surface area (Å²) < 4.78 is 13.2. The molecule has 7 heteroatoms. The van der Waals surface area contributed by atoms with E-state index in [1.807, 2.05) is 54.1 Å². The van der Waals surface area contributed by atoms with Gasteiger partial charge in [0.1, 0.15) is 36.9 Å². The van der Waals surface area contributed by atoms with Gasteiger partial charge in [0.2, 0.25) is 0 Å². The van der Waals surface area contributed by atoms with E-state index in [0.29, 0.717) is 12.3 Å². The van der Waals surface area contributed by atoms with Crippen molar-refractivity contribution in [2.45, 2.75) is 44.9 Å². The first kappa shape index (κ1) is 24.1. The zero-order valence-electron chi connectivity index (χ0n) is 18.7. The predicted molar refractivity (Wildman–Crippen MR) is 126 cm³/mol. The highest BCUT2D eigenvalue weighted by Gasteiger charge is 2.24. The minimum Gasteiger partial charge on any atom is -0.491 e. The summed E-state index contributed by atoms with van der Waals surface area (Å²) in [5.41, 5.74) is 3.08. The Balaban J connectivity index is 1.62. The SMILES string of the molecule is Cc1cc(C(C)(C)c2ccc(OCC(O)Cn3ccnc3)cc2)ccc1OC[C@H](O)CCl. The Labute approximate surface area is 194 Å². The van der Waals surface area contributed by atoms with Crippen LogP contribution < -0.4 is 9.47 Å². The van der Waals surface area contributed by atoms with Gasteiger partial charge in [-0.3, -0.25) is 0 Å². The Morgan fingerprint density at radius 3 is 2.31 bits per heavy atom. The number of ether oxygens (including phenoxy) is 2. The number of imidazole rings is 1. The Morgan fingerprint density at radius 1 is 1.00 bits per heavy atom. The van der Waals surface area contributed by atoms with Crippen molar-refractivity contribution in [3.63, 3.8) is 0 Å². The molecule has 0 radical (unpaired) electrons. The normalized spacial score (nSPS) is 13.6. The van der Waals surface area contributed by atoms with Gasteiger partial charge in [0, 0.05) is 17.8 Å². The summed E-state index contributed by atoms with van der Waals surface area (Å²) in [6.45, 7) is 7.16. The van der Waals surface area contributed by atoms with Crippen molar-refractivity contribution in [1.82, 2.24) is 9.55 Å². The molecular weight excluding hydrogens is 428 g/mol. The highest BCUT2D eigenvalue weighted by molar-refractivity contribution is 6.18. The van der Waals surface area contributed by atoms with Crippen molar-refractivity contribution in [3.05, 3.63) is 77.9 Å². The van der Waals surface area contributed by atoms with Gasteiger partial charge in [0.15, 0.2) is 0 Å². The molecule has 0 aliphatic carbocycles. The molecule has 1 unspecified atom stereocenters. The second-order valence-electron chi connectivity index (χ2n) is 8.47. The van der Waals surface area contributed by atoms with Crippen molar-refractivity contribution >= 4 is 11.6 Å². The van der Waals surface area contributed by atoms with Gasteiger partial charge in [-0.25, -0.2) is 4.98 Å². The summed E-state index contributed by atoms with van der Waals surface area (Å²) >= 11 is 5.63. The molecule has 0 aliphatic rings. The van der Waals surface area contributed by atoms with Gasteiger partial charge < -0.3 is 24.3 Å². The monoisotopic (exact) mass is 458 g/mol. The molecule has 172 valence electrons. The quantitative estimate of drug-likeness (QED) is 0.426. The summed E-state index contributed by atoms with van der Waals surface area (Å²) in [6, 6.07) is 14.1. The first-order valence-electron chi connectivity index (χ1n) is 10.6. The van der Waals surface area contributed by atoms with Gasteiger partial charge in [-0.1, -0.05) is 38.1 Å². The lowest BCUT2D eigenvalue weighted by Crippen LogP contribution is -2.23. The third-order valence-corrected chi connectivity index (χ3v) is 5.86. The van der Waals surface area contributed by atoms with Crippen LogP contribution in [0.1, 0.15) is 30.5 Å². The number of halogens is 1. The van der Waals surface area contributed by atoms with E-state index in [0.717, 1.165) is 22.4 Å². The molecular formula is C25H31ClN2O4. The summed E-state index contributed by atoms with van der Waals surface area (Å²) in [7, 11) is 0. The van der Waals surface area contributed by atoms with E-state index < -0.39 is 12.2 Å². The van der Waals surface area contributed by atoms with Gasteiger partial charge >= 0.3 is 0 Å². The average molecular weight is 459 g/mol. The maximum absolute atomic E-state index is 10.1. The number of rotatable bonds is 11. The second kappa shape index (κ2) is 10.9. The molecule has 1 heterocycles. The lowest BCUT2D eigenvalue weighted by Gasteiger charge is -2.27. The fourth-order valence-electron chi connectivity index (χ4n) is 3.45. The van der Waals surface area contributed by atoms with Crippen LogP contribution in [0.15, 0.2) is 61.2 Å². The zero-order valence-corrected chi connectivity index (χ0v) is 19.5. The van der Waals surface area contributed by atoms with E-state index in [2.05, 4.69) is 24.9 Å². The minimum atomic E-state index is -0.681. The molecule has 32 heavy (non-hydrogen) atoms. The smallest absolute Gasteiger partial charge is 0.122 e. The van der Waals surface area contributed by atoms with Crippen molar-refractivity contribution in [3.8, 4) is 11.5 Å². The van der Waals surface area contributed by atoms with E-state index in [-0.39, 0.29) is 24.5 Å². The number of nitrogens with zero attached hydrogens (tertiary/aromatic N) is 2. The van der Waals surface area contributed by atoms with E-state index in [1.54, 1.807) is 12.5 Å². The molecule has 0 fully saturated rings. The molecule has 3 rings (SSSR count). The molecule has 2 aromatic carbocycles. The number of aryl methyl sites for hydroxylation is 1. The summed E-state index contributed by atoms with van der Waals surface area (Å²) in [4.78, 5) is 3.97. The van der Waals surface area contributed by atoms with Gasteiger partial charge in [-0.2, -0.15) is 0 Å². The fraction of sp³-hybridized carbons (Fsp3) is 0.400. The summed E-state index contributed by atoms with van der Waals surface area (Å²) in [5.74, 6) is 1.60. The Morgan fingerprint density at radius 2 is 1.69 bits per heavy atom. The highest BCUT2D eigenvalue weighted by Crippen LogP contribution is 2.34. The van der Waals surface area contributed by atoms with Crippen molar-refractivity contribution in [2.24, 2.45) is 0 Å².